The zero-order valence-corrected chi connectivity index (χ0v) is 37.8. The Hall–Kier alpha value is -4.94. The Labute approximate surface area is 371 Å². The maximum atomic E-state index is 14.0. The van der Waals surface area contributed by atoms with Gasteiger partial charge in [-0.3, -0.25) is 19.3 Å². The summed E-state index contributed by atoms with van der Waals surface area (Å²) in [6.45, 7) is 9.84. The minimum atomic E-state index is -4.15. The summed E-state index contributed by atoms with van der Waals surface area (Å²) in [5.41, 5.74) is 4.90. The Balaban J connectivity index is 0.984. The van der Waals surface area contributed by atoms with E-state index in [4.69, 9.17) is 19.6 Å². The molecule has 4 fully saturated rings. The molecule has 0 saturated heterocycles. The zero-order valence-electron chi connectivity index (χ0n) is 36.2. The van der Waals surface area contributed by atoms with E-state index in [0.717, 1.165) is 72.2 Å². The van der Waals surface area contributed by atoms with E-state index in [1.165, 1.54) is 17.8 Å². The highest BCUT2D eigenvalue weighted by atomic mass is 32.2. The molecule has 2 atom stereocenters. The lowest BCUT2D eigenvalue weighted by Crippen LogP contribution is -2.64. The third-order valence-electron chi connectivity index (χ3n) is 13.6. The van der Waals surface area contributed by atoms with Crippen molar-refractivity contribution in [1.29, 1.82) is 0 Å². The topological polar surface area (TPSA) is 198 Å². The van der Waals surface area contributed by atoms with E-state index in [1.807, 2.05) is 55.3 Å². The molecule has 2 unspecified atom stereocenters. The fourth-order valence-electron chi connectivity index (χ4n) is 12.4. The number of aromatic carboxylic acids is 1. The molecule has 10 rings (SSSR count). The van der Waals surface area contributed by atoms with Crippen molar-refractivity contribution in [3.8, 4) is 16.9 Å². The van der Waals surface area contributed by atoms with Crippen molar-refractivity contribution in [2.24, 2.45) is 16.2 Å². The second kappa shape index (κ2) is 16.2. The maximum absolute atomic E-state index is 14.0. The molecule has 4 heterocycles. The summed E-state index contributed by atoms with van der Waals surface area (Å²) >= 11 is 1.37. The number of anilines is 2. The summed E-state index contributed by atoms with van der Waals surface area (Å²) in [5.74, 6) is -1.00. The molecule has 17 heteroatoms. The second-order valence-electron chi connectivity index (χ2n) is 19.2. The lowest BCUT2D eigenvalue weighted by atomic mass is 9.39. The fraction of sp³-hybridized carbons (Fsp3) is 0.500. The van der Waals surface area contributed by atoms with Gasteiger partial charge in [-0.2, -0.15) is 13.5 Å². The van der Waals surface area contributed by atoms with E-state index in [2.05, 4.69) is 34.1 Å². The minimum Gasteiger partial charge on any atom is -0.493 e. The Bertz CT molecular complexity index is 2660. The van der Waals surface area contributed by atoms with E-state index in [1.54, 1.807) is 18.3 Å². The van der Waals surface area contributed by atoms with Crippen LogP contribution in [0.2, 0.25) is 0 Å². The van der Waals surface area contributed by atoms with Crippen LogP contribution in [0.15, 0.2) is 54.7 Å². The standard InChI is InChI=1S/C46H55N7O8S2/c1-29-33(20-48-53(29)28-45-23-43(2)22-44(3,24-45)26-46(25-43,27-45)61-18-15-47-4)31-11-13-38(50-39(31)41(55)56)52-16-14-30-34(21-52)32(10-12-36(30)60-17-7-19-63(57,58)59)40(54)51-42-49-35-8-5-6-9-37(35)62-42/h5-6,8-13,20,47H,7,14-19,21-28H2,1-4H3,(H,55,56)(H,49,51,54)(H,57,58,59). The first-order chi connectivity index (χ1) is 30.0. The molecule has 4 saturated carbocycles. The van der Waals surface area contributed by atoms with Gasteiger partial charge in [0.1, 0.15) is 11.6 Å². The average molecular weight is 898 g/mol. The van der Waals surface area contributed by atoms with Crippen LogP contribution in [0, 0.1) is 23.2 Å². The third kappa shape index (κ3) is 8.69. The number of nitrogens with zero attached hydrogens (tertiary/aromatic N) is 5. The van der Waals surface area contributed by atoms with Gasteiger partial charge in [-0.25, -0.2) is 14.8 Å². The molecular formula is C46H55N7O8S2. The number of pyridine rings is 1. The monoisotopic (exact) mass is 897 g/mol. The molecule has 5 aromatic rings. The van der Waals surface area contributed by atoms with Gasteiger partial charge in [0.15, 0.2) is 10.8 Å². The number of carboxylic acids is 1. The number of fused-ring (bicyclic) bond motifs is 2. The number of aromatic nitrogens is 4. The fourth-order valence-corrected chi connectivity index (χ4v) is 13.8. The Morgan fingerprint density at radius 1 is 0.937 bits per heavy atom. The van der Waals surface area contributed by atoms with Crippen LogP contribution in [0.1, 0.15) is 96.5 Å². The van der Waals surface area contributed by atoms with Crippen LogP contribution in [0.5, 0.6) is 5.75 Å². The molecule has 4 N–H and O–H groups in total. The van der Waals surface area contributed by atoms with Crippen molar-refractivity contribution in [1.82, 2.24) is 25.1 Å². The quantitative estimate of drug-likeness (QED) is 0.0566. The first-order valence-corrected chi connectivity index (χ1v) is 24.1. The number of carbonyl (C=O) groups is 2. The minimum absolute atomic E-state index is 0.0172. The van der Waals surface area contributed by atoms with Crippen molar-refractivity contribution in [3.05, 3.63) is 82.8 Å². The lowest BCUT2D eigenvalue weighted by molar-refractivity contribution is -0.247. The number of nitrogens with one attached hydrogen (secondary N) is 2. The van der Waals surface area contributed by atoms with Gasteiger partial charge in [0.25, 0.3) is 16.0 Å². The van der Waals surface area contributed by atoms with Crippen molar-refractivity contribution < 1.29 is 37.1 Å². The van der Waals surface area contributed by atoms with Gasteiger partial charge >= 0.3 is 5.97 Å². The van der Waals surface area contributed by atoms with Crippen LogP contribution >= 0.6 is 11.3 Å². The zero-order chi connectivity index (χ0) is 44.4. The molecule has 3 aromatic heterocycles. The normalized spacial score (nSPS) is 25.1. The first kappa shape index (κ1) is 43.3. The van der Waals surface area contributed by atoms with Gasteiger partial charge in [0.2, 0.25) is 0 Å². The van der Waals surface area contributed by atoms with Crippen LogP contribution in [-0.2, 0) is 34.4 Å². The SMILES string of the molecule is CNCCOC12CC3(C)CC(C)(CC(Cn4ncc(-c5ccc(N6CCc7c(OCCCS(=O)(=O)O)ccc(C(=O)Nc8nc9ccccc9s8)c7C6)nc5C(=O)O)c4C)(C3)C1)C2. The van der Waals surface area contributed by atoms with E-state index in [9.17, 15) is 27.7 Å². The number of hydrogen-bond acceptors (Lipinski definition) is 12. The summed E-state index contributed by atoms with van der Waals surface area (Å²) in [4.78, 5) is 38.3. The highest BCUT2D eigenvalue weighted by Gasteiger charge is 2.66. The maximum Gasteiger partial charge on any atom is 0.355 e. The number of hydrogen-bond donors (Lipinski definition) is 4. The van der Waals surface area contributed by atoms with Gasteiger partial charge in [-0.1, -0.05) is 37.3 Å². The highest BCUT2D eigenvalue weighted by Crippen LogP contribution is 2.72. The molecule has 63 heavy (non-hydrogen) atoms. The Morgan fingerprint density at radius 3 is 2.44 bits per heavy atom. The Kier molecular flexibility index (Phi) is 11.2. The molecular weight excluding hydrogens is 843 g/mol. The van der Waals surface area contributed by atoms with E-state index in [0.29, 0.717) is 53.0 Å². The number of benzene rings is 2. The Morgan fingerprint density at radius 2 is 1.71 bits per heavy atom. The van der Waals surface area contributed by atoms with Crippen molar-refractivity contribution in [2.75, 3.05) is 49.3 Å². The summed E-state index contributed by atoms with van der Waals surface area (Å²) in [5, 5.41) is 22.2. The van der Waals surface area contributed by atoms with Crippen molar-refractivity contribution in [2.45, 2.75) is 90.8 Å². The number of likely N-dealkylation sites (N-methyl/N-ethyl adjacent to an activating group) is 1. The molecule has 2 aromatic carbocycles. The van der Waals surface area contributed by atoms with E-state index in [-0.39, 0.29) is 53.0 Å². The molecule has 334 valence electrons. The smallest absolute Gasteiger partial charge is 0.355 e. The predicted molar refractivity (Wildman–Crippen MR) is 241 cm³/mol. The van der Waals surface area contributed by atoms with Gasteiger partial charge in [-0.05, 0) is 124 Å². The lowest BCUT2D eigenvalue weighted by Gasteiger charge is -2.69. The van der Waals surface area contributed by atoms with Crippen LogP contribution in [0.3, 0.4) is 0 Å². The van der Waals surface area contributed by atoms with Crippen molar-refractivity contribution >= 4 is 54.5 Å². The molecule has 0 spiro atoms. The number of carboxylic acid groups (broad SMARTS) is 1. The summed E-state index contributed by atoms with van der Waals surface area (Å²) in [7, 11) is -2.19. The molecule has 5 aliphatic rings. The molecule has 15 nitrogen and oxygen atoms in total. The predicted octanol–water partition coefficient (Wildman–Crippen LogP) is 7.39. The van der Waals surface area contributed by atoms with E-state index >= 15 is 0 Å². The molecule has 4 bridgehead atoms. The number of para-hydroxylation sites is 1. The summed E-state index contributed by atoms with van der Waals surface area (Å²) < 4.78 is 47.7. The van der Waals surface area contributed by atoms with Gasteiger partial charge < -0.3 is 24.8 Å². The van der Waals surface area contributed by atoms with Gasteiger partial charge in [0, 0.05) is 54.1 Å². The highest BCUT2D eigenvalue weighted by molar-refractivity contribution is 7.85. The number of amides is 1. The van der Waals surface area contributed by atoms with Crippen LogP contribution in [-0.4, -0.2) is 94.4 Å². The van der Waals surface area contributed by atoms with Crippen LogP contribution in [0.4, 0.5) is 10.9 Å². The number of carbonyl (C=O) groups excluding carboxylic acids is 1. The molecule has 1 amide bonds. The largest absolute Gasteiger partial charge is 0.493 e. The van der Waals surface area contributed by atoms with Crippen molar-refractivity contribution in [3.63, 3.8) is 0 Å². The average Bonchev–Trinajstić information content (AvgIpc) is 3.78. The van der Waals surface area contributed by atoms with Crippen LogP contribution < -0.4 is 20.3 Å². The van der Waals surface area contributed by atoms with E-state index < -0.39 is 21.8 Å². The second-order valence-corrected chi connectivity index (χ2v) is 21.8. The molecule has 4 aliphatic carbocycles. The summed E-state index contributed by atoms with van der Waals surface area (Å²) in [6, 6.07) is 14.6. The van der Waals surface area contributed by atoms with Gasteiger partial charge in [0.05, 0.1) is 41.0 Å². The van der Waals surface area contributed by atoms with Crippen LogP contribution in [0.25, 0.3) is 21.3 Å². The molecule has 0 radical (unpaired) electrons. The number of ether oxygens (including phenoxy) is 2. The summed E-state index contributed by atoms with van der Waals surface area (Å²) in [6.07, 6.45) is 8.88. The first-order valence-electron chi connectivity index (χ1n) is 21.7. The third-order valence-corrected chi connectivity index (χ3v) is 15.4. The van der Waals surface area contributed by atoms with Gasteiger partial charge in [-0.15, -0.1) is 0 Å². The number of thiazole rings is 1. The molecule has 1 aliphatic heterocycles. The number of rotatable bonds is 16.